The molecule has 0 aliphatic carbocycles. The van der Waals surface area contributed by atoms with Crippen molar-refractivity contribution in [2.24, 2.45) is 0 Å². The molecular weight excluding hydrogens is 246 g/mol. The molecule has 0 aliphatic rings. The zero-order chi connectivity index (χ0) is 14.6. The van der Waals surface area contributed by atoms with Crippen LogP contribution in [0.2, 0.25) is 0 Å². The number of carboxylic acids is 1. The van der Waals surface area contributed by atoms with Crippen LogP contribution in [0.3, 0.4) is 0 Å². The average Bonchev–Trinajstić information content (AvgIpc) is 2.65. The van der Waals surface area contributed by atoms with Gasteiger partial charge in [0.05, 0.1) is 5.69 Å². The van der Waals surface area contributed by atoms with E-state index in [0.717, 1.165) is 17.8 Å². The van der Waals surface area contributed by atoms with E-state index in [0.29, 0.717) is 6.54 Å². The molecule has 19 heavy (non-hydrogen) atoms. The Morgan fingerprint density at radius 2 is 2.11 bits per heavy atom. The fourth-order valence-electron chi connectivity index (χ4n) is 2.11. The van der Waals surface area contributed by atoms with Gasteiger partial charge in [0.2, 0.25) is 5.91 Å². The molecule has 1 aromatic rings. The molecule has 1 N–H and O–H groups in total. The van der Waals surface area contributed by atoms with Crippen molar-refractivity contribution in [3.05, 3.63) is 17.5 Å². The van der Waals surface area contributed by atoms with Crippen molar-refractivity contribution in [3.63, 3.8) is 0 Å². The monoisotopic (exact) mass is 267 g/mol. The Kier molecular flexibility index (Phi) is 5.09. The van der Waals surface area contributed by atoms with Gasteiger partial charge < -0.3 is 10.0 Å². The topological polar surface area (TPSA) is 75.4 Å². The molecule has 1 aromatic heterocycles. The quantitative estimate of drug-likeness (QED) is 0.845. The van der Waals surface area contributed by atoms with Crippen molar-refractivity contribution in [1.29, 1.82) is 0 Å². The predicted molar refractivity (Wildman–Crippen MR) is 70.9 cm³/mol. The third kappa shape index (κ3) is 3.81. The Balaban J connectivity index is 2.89. The summed E-state index contributed by atoms with van der Waals surface area (Å²) in [6, 6.07) is 1.41. The number of aliphatic carboxylic acids is 1. The van der Waals surface area contributed by atoms with E-state index in [-0.39, 0.29) is 12.5 Å². The van der Waals surface area contributed by atoms with Crippen LogP contribution in [0.25, 0.3) is 0 Å². The van der Waals surface area contributed by atoms with E-state index in [2.05, 4.69) is 5.10 Å². The van der Waals surface area contributed by atoms with E-state index >= 15 is 0 Å². The second kappa shape index (κ2) is 6.36. The number of aromatic nitrogens is 2. The van der Waals surface area contributed by atoms with Crippen LogP contribution in [0.4, 0.5) is 0 Å². The largest absolute Gasteiger partial charge is 0.480 e. The van der Waals surface area contributed by atoms with E-state index in [1.165, 1.54) is 4.90 Å². The van der Waals surface area contributed by atoms with Gasteiger partial charge in [0.15, 0.2) is 0 Å². The van der Waals surface area contributed by atoms with Gasteiger partial charge >= 0.3 is 5.97 Å². The highest BCUT2D eigenvalue weighted by Crippen LogP contribution is 2.14. The number of carbonyl (C=O) groups is 2. The summed E-state index contributed by atoms with van der Waals surface area (Å²) in [5, 5.41) is 13.1. The van der Waals surface area contributed by atoms with E-state index in [1.54, 1.807) is 11.6 Å². The van der Waals surface area contributed by atoms with Crippen molar-refractivity contribution in [2.45, 2.75) is 40.2 Å². The van der Waals surface area contributed by atoms with Gasteiger partial charge in [0.1, 0.15) is 12.6 Å². The minimum Gasteiger partial charge on any atom is -0.480 e. The number of amides is 1. The summed E-state index contributed by atoms with van der Waals surface area (Å²) in [5.41, 5.74) is 1.74. The third-order valence-electron chi connectivity index (χ3n) is 2.90. The molecule has 0 unspecified atom stereocenters. The molecule has 0 saturated carbocycles. The molecule has 6 nitrogen and oxygen atoms in total. The first-order chi connectivity index (χ1) is 8.86. The Labute approximate surface area is 113 Å². The highest BCUT2D eigenvalue weighted by atomic mass is 16.4. The van der Waals surface area contributed by atoms with Gasteiger partial charge in [-0.3, -0.25) is 14.3 Å². The number of carboxylic acid groups (broad SMARTS) is 1. The molecule has 1 atom stereocenters. The van der Waals surface area contributed by atoms with Crippen molar-refractivity contribution in [1.82, 2.24) is 14.7 Å². The van der Waals surface area contributed by atoms with Crippen LogP contribution < -0.4 is 0 Å². The first kappa shape index (κ1) is 15.2. The molecule has 0 bridgehead atoms. The van der Waals surface area contributed by atoms with Crippen molar-refractivity contribution >= 4 is 11.9 Å². The molecule has 0 aromatic carbocycles. The molecule has 1 heterocycles. The van der Waals surface area contributed by atoms with E-state index in [4.69, 9.17) is 5.11 Å². The highest BCUT2D eigenvalue weighted by molar-refractivity contribution is 5.84. The maximum atomic E-state index is 12.3. The predicted octanol–water partition coefficient (Wildman–Crippen LogP) is 1.38. The van der Waals surface area contributed by atoms with Gasteiger partial charge in [-0.15, -0.1) is 0 Å². The Hall–Kier alpha value is -1.85. The van der Waals surface area contributed by atoms with Crippen LogP contribution in [0.1, 0.15) is 37.7 Å². The normalized spacial score (nSPS) is 12.2. The summed E-state index contributed by atoms with van der Waals surface area (Å²) >= 11 is 0. The average molecular weight is 267 g/mol. The first-order valence-electron chi connectivity index (χ1n) is 6.40. The smallest absolute Gasteiger partial charge is 0.323 e. The lowest BCUT2D eigenvalue weighted by Crippen LogP contribution is -2.40. The minimum absolute atomic E-state index is 0.213. The minimum atomic E-state index is -0.998. The van der Waals surface area contributed by atoms with Crippen molar-refractivity contribution in [2.75, 3.05) is 13.1 Å². The lowest BCUT2D eigenvalue weighted by atomic mass is 10.2. The fourth-order valence-corrected chi connectivity index (χ4v) is 2.11. The molecule has 0 fully saturated rings. The third-order valence-corrected chi connectivity index (χ3v) is 2.90. The van der Waals surface area contributed by atoms with E-state index in [9.17, 15) is 9.59 Å². The Morgan fingerprint density at radius 1 is 1.47 bits per heavy atom. The Morgan fingerprint density at radius 3 is 2.53 bits per heavy atom. The lowest BCUT2D eigenvalue weighted by Gasteiger charge is -2.24. The lowest BCUT2D eigenvalue weighted by molar-refractivity contribution is -0.145. The van der Waals surface area contributed by atoms with Crippen molar-refractivity contribution < 1.29 is 14.7 Å². The summed E-state index contributed by atoms with van der Waals surface area (Å²) in [6.45, 7) is 7.57. The van der Waals surface area contributed by atoms with Crippen molar-refractivity contribution in [3.8, 4) is 0 Å². The van der Waals surface area contributed by atoms with Crippen LogP contribution >= 0.6 is 0 Å². The second-order valence-electron chi connectivity index (χ2n) is 4.70. The second-order valence-corrected chi connectivity index (χ2v) is 4.70. The van der Waals surface area contributed by atoms with Gasteiger partial charge in [-0.25, -0.2) is 0 Å². The molecule has 0 radical (unpaired) electrons. The van der Waals surface area contributed by atoms with Gasteiger partial charge in [0.25, 0.3) is 0 Å². The Bertz CT molecular complexity index is 468. The van der Waals surface area contributed by atoms with E-state index < -0.39 is 12.0 Å². The van der Waals surface area contributed by atoms with Gasteiger partial charge in [-0.1, -0.05) is 6.92 Å². The summed E-state index contributed by atoms with van der Waals surface area (Å²) in [7, 11) is 0. The van der Waals surface area contributed by atoms with Crippen LogP contribution in [-0.4, -0.2) is 44.8 Å². The standard InChI is InChI=1S/C13H21N3O3/c1-5-6-15(8-12(17)18)13(19)11(4)16-10(3)7-9(2)14-16/h7,11H,5-6,8H2,1-4H3,(H,17,18)/t11-/m1/s1. The summed E-state index contributed by atoms with van der Waals surface area (Å²) in [4.78, 5) is 24.5. The summed E-state index contributed by atoms with van der Waals surface area (Å²) in [5.74, 6) is -1.21. The SMILES string of the molecule is CCCN(CC(=O)O)C(=O)[C@@H](C)n1nc(C)cc1C. The molecule has 1 rings (SSSR count). The first-order valence-corrected chi connectivity index (χ1v) is 6.40. The maximum Gasteiger partial charge on any atom is 0.323 e. The van der Waals surface area contributed by atoms with Crippen LogP contribution in [0.5, 0.6) is 0 Å². The van der Waals surface area contributed by atoms with Gasteiger partial charge in [-0.05, 0) is 33.3 Å². The fraction of sp³-hybridized carbons (Fsp3) is 0.615. The molecular formula is C13H21N3O3. The number of rotatable bonds is 6. The number of nitrogens with zero attached hydrogens (tertiary/aromatic N) is 3. The highest BCUT2D eigenvalue weighted by Gasteiger charge is 2.24. The zero-order valence-corrected chi connectivity index (χ0v) is 11.9. The van der Waals surface area contributed by atoms with E-state index in [1.807, 2.05) is 26.8 Å². The van der Waals surface area contributed by atoms with Crippen LogP contribution in [-0.2, 0) is 9.59 Å². The van der Waals surface area contributed by atoms with Crippen LogP contribution in [0, 0.1) is 13.8 Å². The molecule has 0 aliphatic heterocycles. The van der Waals surface area contributed by atoms with Crippen LogP contribution in [0.15, 0.2) is 6.07 Å². The number of aryl methyl sites for hydroxylation is 2. The summed E-state index contributed by atoms with van der Waals surface area (Å²) in [6.07, 6.45) is 0.725. The molecule has 6 heteroatoms. The molecule has 0 spiro atoms. The van der Waals surface area contributed by atoms with Gasteiger partial charge in [0, 0.05) is 12.2 Å². The zero-order valence-electron chi connectivity index (χ0n) is 11.9. The molecule has 106 valence electrons. The summed E-state index contributed by atoms with van der Waals surface area (Å²) < 4.78 is 1.64. The number of carbonyl (C=O) groups excluding carboxylic acids is 1. The number of hydrogen-bond donors (Lipinski definition) is 1. The van der Waals surface area contributed by atoms with Gasteiger partial charge in [-0.2, -0.15) is 5.10 Å². The number of hydrogen-bond acceptors (Lipinski definition) is 3. The molecule has 0 saturated heterocycles. The maximum absolute atomic E-state index is 12.3. The molecule has 1 amide bonds.